The Morgan fingerprint density at radius 1 is 1.48 bits per heavy atom. The van der Waals surface area contributed by atoms with E-state index in [9.17, 15) is 9.59 Å². The van der Waals surface area contributed by atoms with Gasteiger partial charge in [0.15, 0.2) is 0 Å². The molecule has 1 aromatic rings. The first-order chi connectivity index (χ1) is 10.1. The molecule has 0 spiro atoms. The molecule has 1 heterocycles. The molecule has 0 bridgehead atoms. The van der Waals surface area contributed by atoms with Crippen LogP contribution in [0.2, 0.25) is 0 Å². The Morgan fingerprint density at radius 3 is 2.95 bits per heavy atom. The number of carbonyl (C=O) groups excluding carboxylic acids is 1. The van der Waals surface area contributed by atoms with Crippen molar-refractivity contribution in [2.75, 3.05) is 19.8 Å². The minimum Gasteiger partial charge on any atom is -0.481 e. The predicted octanol–water partition coefficient (Wildman–Crippen LogP) is 2.03. The summed E-state index contributed by atoms with van der Waals surface area (Å²) in [4.78, 5) is 22.7. The molecule has 1 aliphatic heterocycles. The summed E-state index contributed by atoms with van der Waals surface area (Å²) in [5, 5.41) is 11.5. The zero-order valence-corrected chi connectivity index (χ0v) is 12.2. The normalized spacial score (nSPS) is 19.2. The van der Waals surface area contributed by atoms with E-state index in [1.165, 1.54) is 0 Å². The molecule has 0 aromatic heterocycles. The number of amides is 1. The van der Waals surface area contributed by atoms with Crippen molar-refractivity contribution in [3.63, 3.8) is 0 Å². The van der Waals surface area contributed by atoms with Crippen LogP contribution in [0.15, 0.2) is 24.3 Å². The molecule has 2 rings (SSSR count). The van der Waals surface area contributed by atoms with Crippen molar-refractivity contribution in [3.8, 4) is 0 Å². The van der Waals surface area contributed by atoms with E-state index in [0.29, 0.717) is 24.6 Å². The van der Waals surface area contributed by atoms with E-state index in [2.05, 4.69) is 5.32 Å². The van der Waals surface area contributed by atoms with E-state index >= 15 is 0 Å². The van der Waals surface area contributed by atoms with Crippen LogP contribution in [0.5, 0.6) is 0 Å². The molecule has 0 saturated carbocycles. The molecule has 1 aliphatic rings. The average Bonchev–Trinajstić information content (AvgIpc) is 2.98. The Kier molecular flexibility index (Phi) is 5.33. The van der Waals surface area contributed by atoms with Crippen LogP contribution in [0.4, 0.5) is 0 Å². The van der Waals surface area contributed by atoms with Crippen LogP contribution in [0.1, 0.15) is 41.6 Å². The third-order valence-electron chi connectivity index (χ3n) is 3.68. The van der Waals surface area contributed by atoms with Gasteiger partial charge in [-0.15, -0.1) is 0 Å². The first-order valence-electron chi connectivity index (χ1n) is 7.24. The molecule has 0 radical (unpaired) electrons. The Bertz CT molecular complexity index is 509. The lowest BCUT2D eigenvalue weighted by molar-refractivity contribution is -0.137. The topological polar surface area (TPSA) is 75.6 Å². The first-order valence-corrected chi connectivity index (χ1v) is 7.24. The average molecular weight is 291 g/mol. The van der Waals surface area contributed by atoms with Crippen LogP contribution in [-0.2, 0) is 9.53 Å². The maximum Gasteiger partial charge on any atom is 0.303 e. The molecule has 2 unspecified atom stereocenters. The lowest BCUT2D eigenvalue weighted by Crippen LogP contribution is -2.29. The van der Waals surface area contributed by atoms with Crippen LogP contribution in [0.25, 0.3) is 0 Å². The standard InChI is InChI=1S/C16H21NO4/c1-11(7-15(18)19)9-17-16(20)13-4-2-3-12(8-13)14-5-6-21-10-14/h2-4,8,11,14H,5-7,9-10H2,1H3,(H,17,20)(H,18,19). The molecular formula is C16H21NO4. The fraction of sp³-hybridized carbons (Fsp3) is 0.500. The molecule has 5 heteroatoms. The number of carboxylic acids is 1. The number of carboxylic acid groups (broad SMARTS) is 1. The van der Waals surface area contributed by atoms with E-state index in [-0.39, 0.29) is 18.2 Å². The van der Waals surface area contributed by atoms with Gasteiger partial charge in [-0.1, -0.05) is 19.1 Å². The second kappa shape index (κ2) is 7.22. The predicted molar refractivity (Wildman–Crippen MR) is 78.4 cm³/mol. The zero-order valence-electron chi connectivity index (χ0n) is 12.2. The van der Waals surface area contributed by atoms with Crippen molar-refractivity contribution in [2.24, 2.45) is 5.92 Å². The molecule has 21 heavy (non-hydrogen) atoms. The summed E-state index contributed by atoms with van der Waals surface area (Å²) in [7, 11) is 0. The van der Waals surface area contributed by atoms with Crippen LogP contribution in [0, 0.1) is 5.92 Å². The van der Waals surface area contributed by atoms with Crippen LogP contribution in [0.3, 0.4) is 0 Å². The highest BCUT2D eigenvalue weighted by Gasteiger charge is 2.19. The molecule has 1 amide bonds. The minimum absolute atomic E-state index is 0.0553. The SMILES string of the molecule is CC(CNC(=O)c1cccc(C2CCOC2)c1)CC(=O)O. The van der Waals surface area contributed by atoms with Crippen molar-refractivity contribution in [1.29, 1.82) is 0 Å². The van der Waals surface area contributed by atoms with Crippen molar-refractivity contribution < 1.29 is 19.4 Å². The zero-order chi connectivity index (χ0) is 15.2. The fourth-order valence-electron chi connectivity index (χ4n) is 2.47. The maximum atomic E-state index is 12.1. The summed E-state index contributed by atoms with van der Waals surface area (Å²) in [6, 6.07) is 7.57. The van der Waals surface area contributed by atoms with Gasteiger partial charge >= 0.3 is 5.97 Å². The Morgan fingerprint density at radius 2 is 2.29 bits per heavy atom. The van der Waals surface area contributed by atoms with Crippen molar-refractivity contribution >= 4 is 11.9 Å². The molecule has 0 aliphatic carbocycles. The largest absolute Gasteiger partial charge is 0.481 e. The number of hydrogen-bond donors (Lipinski definition) is 2. The molecule has 5 nitrogen and oxygen atoms in total. The van der Waals surface area contributed by atoms with E-state index in [1.54, 1.807) is 13.0 Å². The highest BCUT2D eigenvalue weighted by molar-refractivity contribution is 5.94. The highest BCUT2D eigenvalue weighted by Crippen LogP contribution is 2.25. The number of ether oxygens (including phenoxy) is 1. The van der Waals surface area contributed by atoms with Gasteiger partial charge in [-0.05, 0) is 30.0 Å². The van der Waals surface area contributed by atoms with E-state index in [1.807, 2.05) is 18.2 Å². The second-order valence-electron chi connectivity index (χ2n) is 5.60. The third kappa shape index (κ3) is 4.56. The molecule has 1 aromatic carbocycles. The van der Waals surface area contributed by atoms with Gasteiger partial charge in [0.1, 0.15) is 0 Å². The fourth-order valence-corrected chi connectivity index (χ4v) is 2.47. The molecule has 2 atom stereocenters. The lowest BCUT2D eigenvalue weighted by atomic mass is 9.96. The molecule has 2 N–H and O–H groups in total. The number of carbonyl (C=O) groups is 2. The number of hydrogen-bond acceptors (Lipinski definition) is 3. The number of aliphatic carboxylic acids is 1. The monoisotopic (exact) mass is 291 g/mol. The molecule has 1 fully saturated rings. The second-order valence-corrected chi connectivity index (χ2v) is 5.60. The summed E-state index contributed by atoms with van der Waals surface area (Å²) < 4.78 is 5.37. The summed E-state index contributed by atoms with van der Waals surface area (Å²) in [6.45, 7) is 3.65. The quantitative estimate of drug-likeness (QED) is 0.841. The Balaban J connectivity index is 1.92. The van der Waals surface area contributed by atoms with Gasteiger partial charge in [0.25, 0.3) is 5.91 Å². The summed E-state index contributed by atoms with van der Waals surface area (Å²) in [5.74, 6) is -0.727. The third-order valence-corrected chi connectivity index (χ3v) is 3.68. The van der Waals surface area contributed by atoms with Crippen LogP contribution < -0.4 is 5.32 Å². The molecule has 1 saturated heterocycles. The molecule has 114 valence electrons. The first kappa shape index (κ1) is 15.5. The van der Waals surface area contributed by atoms with Gasteiger partial charge in [0, 0.05) is 31.1 Å². The number of rotatable bonds is 6. The van der Waals surface area contributed by atoms with Gasteiger partial charge in [-0.3, -0.25) is 9.59 Å². The smallest absolute Gasteiger partial charge is 0.303 e. The summed E-state index contributed by atoms with van der Waals surface area (Å²) in [6.07, 6.45) is 1.04. The van der Waals surface area contributed by atoms with Crippen LogP contribution in [-0.4, -0.2) is 36.7 Å². The highest BCUT2D eigenvalue weighted by atomic mass is 16.5. The maximum absolute atomic E-state index is 12.1. The van der Waals surface area contributed by atoms with E-state index < -0.39 is 5.97 Å². The van der Waals surface area contributed by atoms with Crippen molar-refractivity contribution in [2.45, 2.75) is 25.7 Å². The van der Waals surface area contributed by atoms with E-state index in [0.717, 1.165) is 18.6 Å². The number of benzene rings is 1. The molecular weight excluding hydrogens is 270 g/mol. The number of nitrogens with one attached hydrogen (secondary N) is 1. The van der Waals surface area contributed by atoms with E-state index in [4.69, 9.17) is 9.84 Å². The minimum atomic E-state index is -0.847. The summed E-state index contributed by atoms with van der Waals surface area (Å²) in [5.41, 5.74) is 1.74. The lowest BCUT2D eigenvalue weighted by Gasteiger charge is -2.12. The Labute approximate surface area is 124 Å². The van der Waals surface area contributed by atoms with Crippen molar-refractivity contribution in [1.82, 2.24) is 5.32 Å². The van der Waals surface area contributed by atoms with Gasteiger partial charge < -0.3 is 15.2 Å². The van der Waals surface area contributed by atoms with Crippen molar-refractivity contribution in [3.05, 3.63) is 35.4 Å². The van der Waals surface area contributed by atoms with Gasteiger partial charge in [-0.2, -0.15) is 0 Å². The van der Waals surface area contributed by atoms with Gasteiger partial charge in [-0.25, -0.2) is 0 Å². The van der Waals surface area contributed by atoms with Gasteiger partial charge in [0.05, 0.1) is 6.61 Å². The Hall–Kier alpha value is -1.88. The van der Waals surface area contributed by atoms with Crippen LogP contribution >= 0.6 is 0 Å². The van der Waals surface area contributed by atoms with Gasteiger partial charge in [0.2, 0.25) is 0 Å². The summed E-state index contributed by atoms with van der Waals surface area (Å²) >= 11 is 0.